The highest BCUT2D eigenvalue weighted by atomic mass is 127. The average Bonchev–Trinajstić information content (AvgIpc) is 2.97. The molecule has 1 saturated carbocycles. The zero-order valence-corrected chi connectivity index (χ0v) is 17.4. The normalized spacial score (nSPS) is 15.8. The Balaban J connectivity index is 0.00000288. The van der Waals surface area contributed by atoms with Gasteiger partial charge in [0.05, 0.1) is 19.8 Å². The topological polar surface area (TPSA) is 68.9 Å². The van der Waals surface area contributed by atoms with Crippen molar-refractivity contribution >= 4 is 29.9 Å². The van der Waals surface area contributed by atoms with Gasteiger partial charge < -0.3 is 20.5 Å². The second-order valence-corrected chi connectivity index (χ2v) is 7.07. The molecule has 0 aliphatic heterocycles. The number of hydrogen-bond donors (Lipinski definition) is 2. The van der Waals surface area contributed by atoms with Crippen molar-refractivity contribution in [3.63, 3.8) is 0 Å². The Hall–Kier alpha value is -1.18. The number of guanidine groups is 1. The van der Waals surface area contributed by atoms with Crippen molar-refractivity contribution in [1.29, 1.82) is 0 Å². The molecular formula is C18H30IN3O2. The van der Waals surface area contributed by atoms with Crippen molar-refractivity contribution in [1.82, 2.24) is 5.32 Å². The van der Waals surface area contributed by atoms with E-state index in [1.165, 1.54) is 12.8 Å². The van der Waals surface area contributed by atoms with Crippen LogP contribution in [0.4, 0.5) is 0 Å². The fraction of sp³-hybridized carbons (Fsp3) is 0.611. The van der Waals surface area contributed by atoms with Gasteiger partial charge in [0.25, 0.3) is 0 Å². The highest BCUT2D eigenvalue weighted by molar-refractivity contribution is 14.0. The fourth-order valence-corrected chi connectivity index (χ4v) is 2.68. The summed E-state index contributed by atoms with van der Waals surface area (Å²) in [6, 6.07) is 5.87. The van der Waals surface area contributed by atoms with Crippen molar-refractivity contribution in [3.05, 3.63) is 23.8 Å². The molecule has 1 fully saturated rings. The molecule has 3 N–H and O–H groups in total. The van der Waals surface area contributed by atoms with Gasteiger partial charge in [-0.1, -0.05) is 0 Å². The summed E-state index contributed by atoms with van der Waals surface area (Å²) in [5.41, 5.74) is 6.87. The molecular weight excluding hydrogens is 417 g/mol. The molecule has 0 aromatic heterocycles. The highest BCUT2D eigenvalue weighted by Gasteiger charge is 2.18. The molecule has 0 saturated heterocycles. The number of nitrogens with two attached hydrogens (primary N) is 1. The van der Waals surface area contributed by atoms with E-state index in [1.807, 2.05) is 18.2 Å². The Morgan fingerprint density at radius 3 is 2.54 bits per heavy atom. The molecule has 0 bridgehead atoms. The molecule has 136 valence electrons. The number of halogens is 1. The first-order chi connectivity index (χ1) is 10.9. The molecule has 5 nitrogen and oxygen atoms in total. The lowest BCUT2D eigenvalue weighted by atomic mass is 10.1. The first-order valence-electron chi connectivity index (χ1n) is 8.29. The maximum Gasteiger partial charge on any atom is 0.189 e. The number of hydrogen-bond acceptors (Lipinski definition) is 3. The third-order valence-electron chi connectivity index (χ3n) is 3.79. The van der Waals surface area contributed by atoms with E-state index in [4.69, 9.17) is 15.2 Å². The molecule has 1 aliphatic rings. The number of nitrogens with zero attached hydrogens (tertiary/aromatic N) is 1. The average molecular weight is 447 g/mol. The lowest BCUT2D eigenvalue weighted by Crippen LogP contribution is -2.44. The molecule has 2 rings (SSSR count). The van der Waals surface area contributed by atoms with Crippen LogP contribution in [0, 0.1) is 0 Å². The van der Waals surface area contributed by atoms with E-state index in [9.17, 15) is 0 Å². The van der Waals surface area contributed by atoms with Crippen molar-refractivity contribution in [2.45, 2.75) is 64.6 Å². The smallest absolute Gasteiger partial charge is 0.189 e. The summed E-state index contributed by atoms with van der Waals surface area (Å²) in [7, 11) is 1.66. The monoisotopic (exact) mass is 447 g/mol. The van der Waals surface area contributed by atoms with E-state index < -0.39 is 0 Å². The van der Waals surface area contributed by atoms with Crippen LogP contribution in [0.3, 0.4) is 0 Å². The Morgan fingerprint density at radius 2 is 1.96 bits per heavy atom. The van der Waals surface area contributed by atoms with Crippen LogP contribution in [-0.2, 0) is 6.54 Å². The molecule has 24 heavy (non-hydrogen) atoms. The number of nitrogens with one attached hydrogen (secondary N) is 1. The van der Waals surface area contributed by atoms with E-state index in [0.29, 0.717) is 18.6 Å². The SMILES string of the molecule is COc1ccc(CN=C(N)NC(C)(C)C)c(OC2CCCC2)c1.I. The summed E-state index contributed by atoms with van der Waals surface area (Å²) >= 11 is 0. The van der Waals surface area contributed by atoms with Crippen LogP contribution >= 0.6 is 24.0 Å². The summed E-state index contributed by atoms with van der Waals surface area (Å²) in [4.78, 5) is 4.43. The summed E-state index contributed by atoms with van der Waals surface area (Å²) in [5, 5.41) is 3.17. The van der Waals surface area contributed by atoms with Crippen LogP contribution in [0.25, 0.3) is 0 Å². The maximum absolute atomic E-state index is 6.17. The zero-order valence-electron chi connectivity index (χ0n) is 15.1. The fourth-order valence-electron chi connectivity index (χ4n) is 2.68. The number of benzene rings is 1. The van der Waals surface area contributed by atoms with Crippen LogP contribution in [0.5, 0.6) is 11.5 Å². The van der Waals surface area contributed by atoms with Crippen LogP contribution in [0.15, 0.2) is 23.2 Å². The second kappa shape index (κ2) is 9.34. The number of ether oxygens (including phenoxy) is 2. The minimum absolute atomic E-state index is 0. The molecule has 1 aromatic rings. The van der Waals surface area contributed by atoms with Gasteiger partial charge in [0.2, 0.25) is 0 Å². The van der Waals surface area contributed by atoms with E-state index >= 15 is 0 Å². The van der Waals surface area contributed by atoms with Gasteiger partial charge in [0.1, 0.15) is 11.5 Å². The van der Waals surface area contributed by atoms with Gasteiger partial charge in [-0.3, -0.25) is 0 Å². The van der Waals surface area contributed by atoms with E-state index in [1.54, 1.807) is 7.11 Å². The van der Waals surface area contributed by atoms with Crippen molar-refractivity contribution in [2.24, 2.45) is 10.7 Å². The van der Waals surface area contributed by atoms with Gasteiger partial charge in [0.15, 0.2) is 5.96 Å². The third-order valence-corrected chi connectivity index (χ3v) is 3.79. The largest absolute Gasteiger partial charge is 0.497 e. The summed E-state index contributed by atoms with van der Waals surface area (Å²) in [6.45, 7) is 6.65. The van der Waals surface area contributed by atoms with Gasteiger partial charge >= 0.3 is 0 Å². The van der Waals surface area contributed by atoms with Gasteiger partial charge in [-0.2, -0.15) is 0 Å². The second-order valence-electron chi connectivity index (χ2n) is 7.07. The Bertz CT molecular complexity index is 550. The van der Waals surface area contributed by atoms with Gasteiger partial charge in [0, 0.05) is 17.2 Å². The van der Waals surface area contributed by atoms with Crippen LogP contribution in [0.2, 0.25) is 0 Å². The number of rotatable bonds is 5. The predicted octanol–water partition coefficient (Wildman–Crippen LogP) is 3.84. The van der Waals surface area contributed by atoms with E-state index in [0.717, 1.165) is 29.9 Å². The lowest BCUT2D eigenvalue weighted by Gasteiger charge is -2.21. The van der Waals surface area contributed by atoms with Crippen molar-refractivity contribution < 1.29 is 9.47 Å². The van der Waals surface area contributed by atoms with Crippen LogP contribution < -0.4 is 20.5 Å². The summed E-state index contributed by atoms with van der Waals surface area (Å²) < 4.78 is 11.5. The molecule has 0 spiro atoms. The molecule has 0 heterocycles. The molecule has 0 unspecified atom stereocenters. The standard InChI is InChI=1S/C18H29N3O2.HI/c1-18(2,3)21-17(19)20-12-13-9-10-15(22-4)11-16(13)23-14-7-5-6-8-14;/h9-11,14H,5-8,12H2,1-4H3,(H3,19,20,21);1H. The molecule has 1 aliphatic carbocycles. The van der Waals surface area contributed by atoms with Gasteiger partial charge in [-0.15, -0.1) is 24.0 Å². The molecule has 0 atom stereocenters. The van der Waals surface area contributed by atoms with Crippen molar-refractivity contribution in [2.75, 3.05) is 7.11 Å². The van der Waals surface area contributed by atoms with E-state index in [-0.39, 0.29) is 29.5 Å². The zero-order chi connectivity index (χ0) is 16.9. The van der Waals surface area contributed by atoms with Gasteiger partial charge in [-0.25, -0.2) is 4.99 Å². The first-order valence-corrected chi connectivity index (χ1v) is 8.29. The summed E-state index contributed by atoms with van der Waals surface area (Å²) in [6.07, 6.45) is 5.02. The van der Waals surface area contributed by atoms with Crippen LogP contribution in [0.1, 0.15) is 52.0 Å². The quantitative estimate of drug-likeness (QED) is 0.409. The first kappa shape index (κ1) is 20.9. The molecule has 0 amide bonds. The van der Waals surface area contributed by atoms with E-state index in [2.05, 4.69) is 31.1 Å². The number of aliphatic imine (C=N–C) groups is 1. The lowest BCUT2D eigenvalue weighted by molar-refractivity contribution is 0.207. The van der Waals surface area contributed by atoms with Gasteiger partial charge in [-0.05, 0) is 58.6 Å². The third kappa shape index (κ3) is 6.75. The molecule has 1 aromatic carbocycles. The summed E-state index contributed by atoms with van der Waals surface area (Å²) in [5.74, 6) is 2.09. The van der Waals surface area contributed by atoms with Crippen LogP contribution in [-0.4, -0.2) is 24.7 Å². The Kier molecular flexibility index (Phi) is 8.12. The predicted molar refractivity (Wildman–Crippen MR) is 110 cm³/mol. The molecule has 0 radical (unpaired) electrons. The minimum Gasteiger partial charge on any atom is -0.497 e. The Labute approximate surface area is 162 Å². The number of methoxy groups -OCH3 is 1. The molecule has 6 heteroatoms. The highest BCUT2D eigenvalue weighted by Crippen LogP contribution is 2.30. The Morgan fingerprint density at radius 1 is 1.29 bits per heavy atom. The van der Waals surface area contributed by atoms with Crippen molar-refractivity contribution in [3.8, 4) is 11.5 Å². The minimum atomic E-state index is -0.101. The maximum atomic E-state index is 6.17.